The zero-order valence-corrected chi connectivity index (χ0v) is 16.8. The highest BCUT2D eigenvalue weighted by atomic mass is 19.4. The Balaban J connectivity index is 2.57. The molecule has 30 heavy (non-hydrogen) atoms. The lowest BCUT2D eigenvalue weighted by Crippen LogP contribution is -2.28. The van der Waals surface area contributed by atoms with E-state index in [9.17, 15) is 27.2 Å². The van der Waals surface area contributed by atoms with Gasteiger partial charge in [0, 0.05) is 0 Å². The van der Waals surface area contributed by atoms with Crippen molar-refractivity contribution in [2.24, 2.45) is 0 Å². The first-order valence-electron chi connectivity index (χ1n) is 8.74. The summed E-state index contributed by atoms with van der Waals surface area (Å²) in [6.07, 6.45) is -5.36. The van der Waals surface area contributed by atoms with Crippen molar-refractivity contribution in [2.75, 3.05) is 11.9 Å². The number of aromatic nitrogens is 3. The molecular formula is C18H20F4N4O4. The maximum Gasteiger partial charge on any atom is 0.434 e. The van der Waals surface area contributed by atoms with E-state index in [2.05, 4.69) is 20.1 Å². The van der Waals surface area contributed by atoms with Crippen molar-refractivity contribution in [1.29, 1.82) is 0 Å². The van der Waals surface area contributed by atoms with E-state index in [0.29, 0.717) is 10.9 Å². The van der Waals surface area contributed by atoms with Gasteiger partial charge in [0.05, 0.1) is 12.8 Å². The van der Waals surface area contributed by atoms with Crippen LogP contribution in [0.15, 0.2) is 12.3 Å². The largest absolute Gasteiger partial charge is 0.462 e. The molecule has 0 fully saturated rings. The van der Waals surface area contributed by atoms with Crippen LogP contribution in [0.2, 0.25) is 0 Å². The second kappa shape index (κ2) is 8.28. The van der Waals surface area contributed by atoms with E-state index in [1.807, 2.05) is 0 Å². The van der Waals surface area contributed by atoms with Crippen LogP contribution in [-0.4, -0.2) is 39.0 Å². The van der Waals surface area contributed by atoms with Gasteiger partial charge in [-0.3, -0.25) is 5.32 Å². The van der Waals surface area contributed by atoms with Crippen molar-refractivity contribution in [2.45, 2.75) is 46.4 Å². The molecule has 0 atom stereocenters. The molecule has 0 aliphatic heterocycles. The van der Waals surface area contributed by atoms with Crippen LogP contribution < -0.4 is 5.32 Å². The van der Waals surface area contributed by atoms with E-state index in [-0.39, 0.29) is 12.2 Å². The zero-order valence-electron chi connectivity index (χ0n) is 16.8. The highest BCUT2D eigenvalue weighted by Gasteiger charge is 2.41. The maximum atomic E-state index is 14.2. The topological polar surface area (TPSA) is 95.3 Å². The van der Waals surface area contributed by atoms with Gasteiger partial charge in [-0.15, -0.1) is 0 Å². The van der Waals surface area contributed by atoms with Crippen molar-refractivity contribution >= 4 is 17.9 Å². The second-order valence-electron chi connectivity index (χ2n) is 7.12. The van der Waals surface area contributed by atoms with Crippen LogP contribution in [0.1, 0.15) is 49.3 Å². The van der Waals surface area contributed by atoms with Gasteiger partial charge >= 0.3 is 18.2 Å². The third-order valence-corrected chi connectivity index (χ3v) is 3.49. The van der Waals surface area contributed by atoms with Crippen molar-refractivity contribution in [3.05, 3.63) is 34.9 Å². The number of alkyl halides is 3. The van der Waals surface area contributed by atoms with Gasteiger partial charge in [0.2, 0.25) is 0 Å². The normalized spacial score (nSPS) is 11.9. The van der Waals surface area contributed by atoms with Crippen molar-refractivity contribution in [1.82, 2.24) is 14.8 Å². The average molecular weight is 432 g/mol. The molecule has 8 nitrogen and oxygen atoms in total. The predicted octanol–water partition coefficient (Wildman–Crippen LogP) is 4.26. The van der Waals surface area contributed by atoms with Crippen LogP contribution in [0.25, 0.3) is 5.82 Å². The summed E-state index contributed by atoms with van der Waals surface area (Å²) in [5.41, 5.74) is -3.18. The lowest BCUT2D eigenvalue weighted by Gasteiger charge is -2.20. The molecular weight excluding hydrogens is 412 g/mol. The number of ether oxygens (including phenoxy) is 2. The number of carbonyl (C=O) groups is 2. The van der Waals surface area contributed by atoms with E-state index in [0.717, 1.165) is 6.07 Å². The summed E-state index contributed by atoms with van der Waals surface area (Å²) in [6.45, 7) is 7.33. The van der Waals surface area contributed by atoms with Crippen molar-refractivity contribution in [3.8, 4) is 5.82 Å². The summed E-state index contributed by atoms with van der Waals surface area (Å²) in [5.74, 6) is -3.31. The fourth-order valence-electron chi connectivity index (χ4n) is 2.41. The number of carbonyl (C=O) groups excluding carboxylic acids is 2. The molecule has 0 aromatic carbocycles. The minimum absolute atomic E-state index is 0.0220. The lowest BCUT2D eigenvalue weighted by molar-refractivity contribution is -0.143. The van der Waals surface area contributed by atoms with Crippen LogP contribution in [0.4, 0.5) is 28.2 Å². The number of amides is 1. The summed E-state index contributed by atoms with van der Waals surface area (Å²) in [6, 6.07) is 0.876. The number of aryl methyl sites for hydroxylation is 1. The molecule has 0 aliphatic carbocycles. The van der Waals surface area contributed by atoms with E-state index in [1.165, 1.54) is 13.8 Å². The summed E-state index contributed by atoms with van der Waals surface area (Å²) in [7, 11) is 0. The summed E-state index contributed by atoms with van der Waals surface area (Å²) in [5, 5.41) is 5.64. The molecule has 0 saturated heterocycles. The Bertz CT molecular complexity index is 964. The van der Waals surface area contributed by atoms with Crippen LogP contribution in [0, 0.1) is 12.7 Å². The smallest absolute Gasteiger partial charge is 0.434 e. The molecule has 2 rings (SSSR count). The minimum atomic E-state index is -5.00. The van der Waals surface area contributed by atoms with Crippen LogP contribution in [-0.2, 0) is 15.7 Å². The van der Waals surface area contributed by atoms with Gasteiger partial charge in [0.15, 0.2) is 23.1 Å². The lowest BCUT2D eigenvalue weighted by atomic mass is 10.2. The van der Waals surface area contributed by atoms with Gasteiger partial charge in [0.25, 0.3) is 0 Å². The van der Waals surface area contributed by atoms with Crippen molar-refractivity contribution < 1.29 is 36.6 Å². The van der Waals surface area contributed by atoms with Gasteiger partial charge in [-0.2, -0.15) is 18.3 Å². The molecule has 0 spiro atoms. The summed E-state index contributed by atoms with van der Waals surface area (Å²) >= 11 is 0. The number of anilines is 1. The standard InChI is InChI=1S/C18H20F4N4O4/c1-6-29-15(27)10-8-23-26(12(10)18(20,21)22)14-9(2)7-11(19)13(24-14)25-16(28)30-17(3,4)5/h7-8H,6H2,1-5H3,(H,24,25,28). The van der Waals surface area contributed by atoms with Gasteiger partial charge in [-0.1, -0.05) is 0 Å². The molecule has 0 bridgehead atoms. The fraction of sp³-hybridized carbons (Fsp3) is 0.444. The summed E-state index contributed by atoms with van der Waals surface area (Å²) < 4.78 is 65.3. The Kier molecular flexibility index (Phi) is 6.38. The zero-order chi connectivity index (χ0) is 22.9. The van der Waals surface area contributed by atoms with Gasteiger partial charge in [-0.05, 0) is 46.2 Å². The summed E-state index contributed by atoms with van der Waals surface area (Å²) in [4.78, 5) is 27.6. The van der Waals surface area contributed by atoms with Crippen molar-refractivity contribution in [3.63, 3.8) is 0 Å². The molecule has 2 aromatic rings. The number of esters is 1. The number of pyridine rings is 1. The molecule has 0 saturated carbocycles. The molecule has 0 radical (unpaired) electrons. The molecule has 164 valence electrons. The van der Waals surface area contributed by atoms with E-state index in [4.69, 9.17) is 4.74 Å². The highest BCUT2D eigenvalue weighted by molar-refractivity contribution is 5.91. The molecule has 1 N–H and O–H groups in total. The Morgan fingerprint density at radius 3 is 2.40 bits per heavy atom. The Morgan fingerprint density at radius 1 is 1.23 bits per heavy atom. The van der Waals surface area contributed by atoms with E-state index in [1.54, 1.807) is 20.8 Å². The van der Waals surface area contributed by atoms with Gasteiger partial charge < -0.3 is 9.47 Å². The molecule has 2 aromatic heterocycles. The van der Waals surface area contributed by atoms with Crippen LogP contribution >= 0.6 is 0 Å². The predicted molar refractivity (Wildman–Crippen MR) is 96.9 cm³/mol. The second-order valence-corrected chi connectivity index (χ2v) is 7.12. The first-order valence-corrected chi connectivity index (χ1v) is 8.74. The number of hydrogen-bond donors (Lipinski definition) is 1. The van der Waals surface area contributed by atoms with E-state index >= 15 is 0 Å². The van der Waals surface area contributed by atoms with Crippen LogP contribution in [0.5, 0.6) is 0 Å². The number of nitrogens with zero attached hydrogens (tertiary/aromatic N) is 3. The maximum absolute atomic E-state index is 14.2. The number of rotatable bonds is 4. The molecule has 1 amide bonds. The first-order chi connectivity index (χ1) is 13.7. The van der Waals surface area contributed by atoms with Crippen LogP contribution in [0.3, 0.4) is 0 Å². The molecule has 12 heteroatoms. The third kappa shape index (κ3) is 5.24. The van der Waals surface area contributed by atoms with E-state index < -0.39 is 52.6 Å². The average Bonchev–Trinajstić information content (AvgIpc) is 3.01. The Morgan fingerprint density at radius 2 is 1.87 bits per heavy atom. The monoisotopic (exact) mass is 432 g/mol. The first kappa shape index (κ1) is 23.1. The SMILES string of the molecule is CCOC(=O)c1cnn(-c2nc(NC(=O)OC(C)(C)C)c(F)cc2C)c1C(F)(F)F. The Labute approximate surface area is 169 Å². The Hall–Kier alpha value is -3.18. The molecule has 0 aliphatic rings. The number of halogens is 4. The van der Waals surface area contributed by atoms with Gasteiger partial charge in [-0.25, -0.2) is 23.6 Å². The minimum Gasteiger partial charge on any atom is -0.462 e. The van der Waals surface area contributed by atoms with Gasteiger partial charge in [0.1, 0.15) is 11.2 Å². The fourth-order valence-corrected chi connectivity index (χ4v) is 2.41. The highest BCUT2D eigenvalue weighted by Crippen LogP contribution is 2.34. The molecule has 0 unspecified atom stereocenters. The third-order valence-electron chi connectivity index (χ3n) is 3.49. The molecule has 2 heterocycles. The number of hydrogen-bond acceptors (Lipinski definition) is 6. The number of nitrogens with one attached hydrogen (secondary N) is 1. The quantitative estimate of drug-likeness (QED) is 0.573.